The monoisotopic (exact) mass is 708 g/mol. The molecule has 0 aromatic rings. The lowest BCUT2D eigenvalue weighted by atomic mass is 10.1. The van der Waals surface area contributed by atoms with E-state index in [9.17, 15) is 19.5 Å². The van der Waals surface area contributed by atoms with Crippen LogP contribution in [0.3, 0.4) is 0 Å². The fraction of sp³-hybridized carbons (Fsp3) is 0.833. The van der Waals surface area contributed by atoms with E-state index < -0.39 is 18.1 Å². The number of hydrogen-bond acceptors (Lipinski definition) is 7. The maximum absolute atomic E-state index is 12.7. The van der Waals surface area contributed by atoms with Crippen molar-refractivity contribution in [2.75, 3.05) is 41.0 Å². The fourth-order valence-electron chi connectivity index (χ4n) is 5.86. The lowest BCUT2D eigenvalue weighted by molar-refractivity contribution is -0.889. The minimum Gasteiger partial charge on any atom is -0.544 e. The summed E-state index contributed by atoms with van der Waals surface area (Å²) in [6, 6.07) is -0.724. The number of carbonyl (C=O) groups is 3. The summed E-state index contributed by atoms with van der Waals surface area (Å²) in [5.74, 6) is -1.75. The molecule has 8 heteroatoms. The lowest BCUT2D eigenvalue weighted by Gasteiger charge is -2.34. The number of carbonyl (C=O) groups excluding carboxylic acids is 3. The van der Waals surface area contributed by atoms with E-state index in [0.717, 1.165) is 64.2 Å². The zero-order chi connectivity index (χ0) is 37.1. The molecule has 0 saturated carbocycles. The van der Waals surface area contributed by atoms with E-state index in [4.69, 9.17) is 14.2 Å². The van der Waals surface area contributed by atoms with Crippen LogP contribution in [0.2, 0.25) is 0 Å². The molecule has 0 heterocycles. The van der Waals surface area contributed by atoms with Crippen LogP contribution in [0.15, 0.2) is 24.3 Å². The summed E-state index contributed by atoms with van der Waals surface area (Å²) in [7, 11) is 5.40. The molecular formula is C42H77NO7. The molecule has 0 aliphatic rings. The summed E-state index contributed by atoms with van der Waals surface area (Å²) in [5.41, 5.74) is 0. The number of allylic oxidation sites excluding steroid dienone is 4. The molecule has 2 unspecified atom stereocenters. The summed E-state index contributed by atoms with van der Waals surface area (Å²) < 4.78 is 17.1. The Hall–Kier alpha value is -2.19. The Balaban J connectivity index is 4.41. The smallest absolute Gasteiger partial charge is 0.306 e. The molecule has 0 saturated heterocycles. The minimum atomic E-state index is -1.13. The molecule has 0 aliphatic heterocycles. The van der Waals surface area contributed by atoms with Crippen LogP contribution in [-0.4, -0.2) is 75.5 Å². The van der Waals surface area contributed by atoms with Crippen LogP contribution in [0.4, 0.5) is 0 Å². The first-order chi connectivity index (χ1) is 24.1. The number of carboxylic acids is 1. The average Bonchev–Trinajstić information content (AvgIpc) is 3.06. The Morgan fingerprint density at radius 1 is 0.600 bits per heavy atom. The Kier molecular flexibility index (Phi) is 32.4. The molecule has 0 fully saturated rings. The van der Waals surface area contributed by atoms with Crippen molar-refractivity contribution in [3.8, 4) is 0 Å². The number of carboxylic acid groups (broad SMARTS) is 1. The summed E-state index contributed by atoms with van der Waals surface area (Å²) in [4.78, 5) is 36.7. The predicted molar refractivity (Wildman–Crippen MR) is 204 cm³/mol. The number of quaternary nitrogens is 1. The number of aliphatic carboxylic acids is 1. The van der Waals surface area contributed by atoms with Crippen LogP contribution in [0.1, 0.15) is 174 Å². The fourth-order valence-corrected chi connectivity index (χ4v) is 5.86. The van der Waals surface area contributed by atoms with Gasteiger partial charge in [-0.1, -0.05) is 134 Å². The van der Waals surface area contributed by atoms with Crippen molar-refractivity contribution in [3.05, 3.63) is 24.3 Å². The molecule has 0 amide bonds. The van der Waals surface area contributed by atoms with Crippen LogP contribution in [-0.2, 0) is 28.6 Å². The van der Waals surface area contributed by atoms with Gasteiger partial charge >= 0.3 is 11.9 Å². The molecule has 0 aromatic carbocycles. The van der Waals surface area contributed by atoms with Crippen molar-refractivity contribution in [2.45, 2.75) is 187 Å². The second-order valence-electron chi connectivity index (χ2n) is 14.9. The Morgan fingerprint density at radius 2 is 1.06 bits per heavy atom. The van der Waals surface area contributed by atoms with Crippen LogP contribution >= 0.6 is 0 Å². The maximum Gasteiger partial charge on any atom is 0.306 e. The van der Waals surface area contributed by atoms with Crippen molar-refractivity contribution in [2.24, 2.45) is 0 Å². The summed E-state index contributed by atoms with van der Waals surface area (Å²) in [6.45, 7) is 4.61. The maximum atomic E-state index is 12.7. The van der Waals surface area contributed by atoms with Crippen LogP contribution in [0.25, 0.3) is 0 Å². The molecule has 0 aromatic heterocycles. The molecule has 0 rings (SSSR count). The first kappa shape index (κ1) is 47.8. The first-order valence-electron chi connectivity index (χ1n) is 20.4. The number of unbranched alkanes of at least 4 members (excludes halogenated alkanes) is 18. The highest BCUT2D eigenvalue weighted by Gasteiger charge is 2.25. The van der Waals surface area contributed by atoms with E-state index in [0.29, 0.717) is 12.8 Å². The van der Waals surface area contributed by atoms with Crippen LogP contribution < -0.4 is 5.11 Å². The number of hydrogen-bond donors (Lipinski definition) is 0. The largest absolute Gasteiger partial charge is 0.544 e. The third-order valence-electron chi connectivity index (χ3n) is 9.09. The average molecular weight is 708 g/mol. The van der Waals surface area contributed by atoms with E-state index in [2.05, 4.69) is 38.2 Å². The quantitative estimate of drug-likeness (QED) is 0.0277. The molecule has 0 spiro atoms. The predicted octanol–water partition coefficient (Wildman–Crippen LogP) is 9.19. The van der Waals surface area contributed by atoms with Crippen molar-refractivity contribution in [1.29, 1.82) is 0 Å². The van der Waals surface area contributed by atoms with Gasteiger partial charge in [0.15, 0.2) is 6.10 Å². The van der Waals surface area contributed by atoms with E-state index in [1.807, 2.05) is 0 Å². The van der Waals surface area contributed by atoms with Crippen LogP contribution in [0.5, 0.6) is 0 Å². The Labute approximate surface area is 307 Å². The van der Waals surface area contributed by atoms with Crippen LogP contribution in [0, 0.1) is 0 Å². The van der Waals surface area contributed by atoms with Gasteiger partial charge in [0.2, 0.25) is 0 Å². The Bertz CT molecular complexity index is 880. The van der Waals surface area contributed by atoms with Crippen molar-refractivity contribution >= 4 is 17.9 Å². The normalized spacial score (nSPS) is 13.2. The molecule has 2 atom stereocenters. The highest BCUT2D eigenvalue weighted by molar-refractivity contribution is 5.70. The third-order valence-corrected chi connectivity index (χ3v) is 9.09. The lowest BCUT2D eigenvalue weighted by Crippen LogP contribution is -2.55. The van der Waals surface area contributed by atoms with Crippen molar-refractivity contribution < 1.29 is 38.2 Å². The second-order valence-corrected chi connectivity index (χ2v) is 14.9. The molecule has 0 radical (unpaired) electrons. The highest BCUT2D eigenvalue weighted by atomic mass is 16.6. The third kappa shape index (κ3) is 31.8. The Morgan fingerprint density at radius 3 is 1.58 bits per heavy atom. The summed E-state index contributed by atoms with van der Waals surface area (Å²) in [5, 5.41) is 11.6. The SMILES string of the molecule is CCCCC/C=C\C/C=C\CCCCCCCC(=O)OC(COCCC(C(=O)[O-])[N+](C)(C)C)COC(=O)CCCCCCCCCCCCC. The number of esters is 2. The number of rotatable bonds is 36. The van der Waals surface area contributed by atoms with E-state index in [-0.39, 0.29) is 42.7 Å². The van der Waals surface area contributed by atoms with Gasteiger partial charge in [0.1, 0.15) is 12.6 Å². The molecule has 0 aliphatic carbocycles. The van der Waals surface area contributed by atoms with Gasteiger partial charge in [-0.25, -0.2) is 0 Å². The van der Waals surface area contributed by atoms with Gasteiger partial charge in [0.05, 0.1) is 40.3 Å². The van der Waals surface area contributed by atoms with Crippen molar-refractivity contribution in [3.63, 3.8) is 0 Å². The summed E-state index contributed by atoms with van der Waals surface area (Å²) >= 11 is 0. The van der Waals surface area contributed by atoms with Gasteiger partial charge < -0.3 is 28.6 Å². The van der Waals surface area contributed by atoms with Gasteiger partial charge in [-0.2, -0.15) is 0 Å². The molecule has 0 N–H and O–H groups in total. The number of ether oxygens (including phenoxy) is 3. The zero-order valence-corrected chi connectivity index (χ0v) is 33.1. The zero-order valence-electron chi connectivity index (χ0n) is 33.1. The van der Waals surface area contributed by atoms with Gasteiger partial charge in [0.25, 0.3) is 0 Å². The molecule has 0 bridgehead atoms. The standard InChI is InChI=1S/C42H77NO7/c1-6-8-10-12-14-16-18-19-20-21-23-25-27-29-31-33-41(45)50-38(36-48-35-34-39(42(46)47)43(3,4)5)37-49-40(44)32-30-28-26-24-22-17-15-13-11-9-7-2/h14,16,19-20,38-39H,6-13,15,17-18,21-37H2,1-5H3/b16-14-,20-19-. The highest BCUT2D eigenvalue weighted by Crippen LogP contribution is 2.14. The summed E-state index contributed by atoms with van der Waals surface area (Å²) in [6.07, 6.45) is 34.8. The first-order valence-corrected chi connectivity index (χ1v) is 20.4. The molecule has 8 nitrogen and oxygen atoms in total. The van der Waals surface area contributed by atoms with Crippen molar-refractivity contribution in [1.82, 2.24) is 0 Å². The second kappa shape index (κ2) is 33.9. The van der Waals surface area contributed by atoms with Gasteiger partial charge in [0, 0.05) is 19.3 Å². The van der Waals surface area contributed by atoms with E-state index in [1.165, 1.54) is 77.0 Å². The van der Waals surface area contributed by atoms with Gasteiger partial charge in [-0.05, 0) is 44.9 Å². The molecule has 292 valence electrons. The molecular weight excluding hydrogens is 630 g/mol. The van der Waals surface area contributed by atoms with Gasteiger partial charge in [-0.15, -0.1) is 0 Å². The molecule has 50 heavy (non-hydrogen) atoms. The van der Waals surface area contributed by atoms with Gasteiger partial charge in [-0.3, -0.25) is 9.59 Å². The number of likely N-dealkylation sites (N-methyl/N-ethyl adjacent to an activating group) is 1. The number of nitrogens with zero attached hydrogens (tertiary/aromatic N) is 1. The topological polar surface area (TPSA) is 102 Å². The van der Waals surface area contributed by atoms with E-state index in [1.54, 1.807) is 21.1 Å². The minimum absolute atomic E-state index is 0.0382. The van der Waals surface area contributed by atoms with E-state index >= 15 is 0 Å².